The lowest BCUT2D eigenvalue weighted by atomic mass is 10.00. The van der Waals surface area contributed by atoms with Crippen LogP contribution < -0.4 is 5.32 Å². The van der Waals surface area contributed by atoms with Gasteiger partial charge in [-0.25, -0.2) is 0 Å². The third-order valence-electron chi connectivity index (χ3n) is 1.70. The molecule has 60 valence electrons. The SMILES string of the molecule is [2H]CN[C@H](C(=O)O)[C@H](C)CC. The van der Waals surface area contributed by atoms with Crippen molar-refractivity contribution < 1.29 is 11.3 Å². The van der Waals surface area contributed by atoms with Gasteiger partial charge in [0.25, 0.3) is 0 Å². The molecule has 0 amide bonds. The van der Waals surface area contributed by atoms with Crippen LogP contribution in [0, 0.1) is 5.92 Å². The Morgan fingerprint density at radius 1 is 1.90 bits per heavy atom. The van der Waals surface area contributed by atoms with E-state index >= 15 is 0 Å². The summed E-state index contributed by atoms with van der Waals surface area (Å²) in [6.45, 7) is 3.80. The highest BCUT2D eigenvalue weighted by Gasteiger charge is 2.20. The molecule has 0 radical (unpaired) electrons. The van der Waals surface area contributed by atoms with Crippen LogP contribution in [0.1, 0.15) is 21.6 Å². The first-order chi connectivity index (χ1) is 5.13. The van der Waals surface area contributed by atoms with Crippen LogP contribution in [-0.2, 0) is 4.79 Å². The molecular weight excluding hydrogens is 130 g/mol. The molecule has 2 atom stereocenters. The van der Waals surface area contributed by atoms with Crippen molar-refractivity contribution >= 4 is 5.97 Å². The second-order valence-electron chi connectivity index (χ2n) is 2.41. The highest BCUT2D eigenvalue weighted by Crippen LogP contribution is 2.06. The maximum absolute atomic E-state index is 10.5. The minimum atomic E-state index is -0.869. The Morgan fingerprint density at radius 2 is 2.50 bits per heavy atom. The molecule has 0 aromatic carbocycles. The zero-order valence-electron chi connectivity index (χ0n) is 7.42. The van der Waals surface area contributed by atoms with Gasteiger partial charge >= 0.3 is 5.97 Å². The van der Waals surface area contributed by atoms with Crippen LogP contribution in [0.3, 0.4) is 0 Å². The van der Waals surface area contributed by atoms with Gasteiger partial charge in [-0.05, 0) is 12.9 Å². The Kier molecular flexibility index (Phi) is 3.22. The van der Waals surface area contributed by atoms with Crippen molar-refractivity contribution in [2.75, 3.05) is 7.02 Å². The molecule has 0 unspecified atom stereocenters. The van der Waals surface area contributed by atoms with Crippen molar-refractivity contribution in [3.63, 3.8) is 0 Å². The molecule has 2 N–H and O–H groups in total. The molecular formula is C7H15NO2. The third kappa shape index (κ3) is 2.35. The molecule has 0 heterocycles. The summed E-state index contributed by atoms with van der Waals surface area (Å²) in [5, 5.41) is 11.3. The monoisotopic (exact) mass is 146 g/mol. The van der Waals surface area contributed by atoms with Gasteiger partial charge in [0.15, 0.2) is 0 Å². The Morgan fingerprint density at radius 3 is 2.80 bits per heavy atom. The first-order valence-corrected chi connectivity index (χ1v) is 3.38. The summed E-state index contributed by atoms with van der Waals surface area (Å²) in [6, 6.07) is -0.572. The van der Waals surface area contributed by atoms with Gasteiger partial charge in [0.1, 0.15) is 6.04 Å². The Labute approximate surface area is 62.8 Å². The Hall–Kier alpha value is -0.570. The predicted molar refractivity (Wildman–Crippen MR) is 39.9 cm³/mol. The van der Waals surface area contributed by atoms with Crippen molar-refractivity contribution in [1.29, 1.82) is 0 Å². The molecule has 0 saturated carbocycles. The number of rotatable bonds is 4. The standard InChI is InChI=1S/C7H15NO2/c1-4-5(2)6(8-3)7(9)10/h5-6,8H,4H2,1-3H3,(H,9,10)/t5-,6+/m1/s1/i3D. The molecule has 0 aliphatic heterocycles. The molecule has 0 aliphatic carbocycles. The Bertz CT molecular complexity index is 130. The lowest BCUT2D eigenvalue weighted by molar-refractivity contribution is -0.140. The summed E-state index contributed by atoms with van der Waals surface area (Å²) < 4.78 is 6.82. The second-order valence-corrected chi connectivity index (χ2v) is 2.41. The number of aliphatic carboxylic acids is 1. The molecule has 0 fully saturated rings. The van der Waals surface area contributed by atoms with Crippen molar-refractivity contribution in [3.8, 4) is 0 Å². The molecule has 3 nitrogen and oxygen atoms in total. The molecule has 0 bridgehead atoms. The second kappa shape index (κ2) is 4.28. The van der Waals surface area contributed by atoms with Crippen molar-refractivity contribution in [2.24, 2.45) is 5.92 Å². The lowest BCUT2D eigenvalue weighted by Gasteiger charge is -2.16. The van der Waals surface area contributed by atoms with E-state index in [9.17, 15) is 4.79 Å². The fourth-order valence-electron chi connectivity index (χ4n) is 0.768. The van der Waals surface area contributed by atoms with E-state index in [4.69, 9.17) is 6.48 Å². The van der Waals surface area contributed by atoms with Gasteiger partial charge in [0.05, 0.1) is 0 Å². The van der Waals surface area contributed by atoms with E-state index in [1.165, 1.54) is 0 Å². The summed E-state index contributed by atoms with van der Waals surface area (Å²) in [5.41, 5.74) is 0. The van der Waals surface area contributed by atoms with Gasteiger partial charge < -0.3 is 10.4 Å². The fraction of sp³-hybridized carbons (Fsp3) is 0.857. The van der Waals surface area contributed by atoms with Crippen LogP contribution in [0.25, 0.3) is 0 Å². The molecule has 0 rings (SSSR count). The van der Waals surface area contributed by atoms with E-state index in [2.05, 4.69) is 5.32 Å². The van der Waals surface area contributed by atoms with Gasteiger partial charge in [-0.2, -0.15) is 0 Å². The van der Waals surface area contributed by atoms with E-state index in [1.54, 1.807) is 0 Å². The van der Waals surface area contributed by atoms with E-state index in [0.717, 1.165) is 6.42 Å². The summed E-state index contributed by atoms with van der Waals surface area (Å²) in [6.07, 6.45) is 0.809. The van der Waals surface area contributed by atoms with Crippen LogP contribution in [0.5, 0.6) is 0 Å². The number of hydrogen-bond acceptors (Lipinski definition) is 2. The smallest absolute Gasteiger partial charge is 0.320 e. The number of carboxylic acid groups (broad SMARTS) is 1. The van der Waals surface area contributed by atoms with Crippen LogP contribution in [0.2, 0.25) is 0 Å². The average Bonchev–Trinajstić information content (AvgIpc) is 1.98. The molecule has 0 aliphatic rings. The summed E-state index contributed by atoms with van der Waals surface area (Å²) in [5.74, 6) is -0.788. The minimum absolute atomic E-state index is 0.0404. The quantitative estimate of drug-likeness (QED) is 0.614. The first-order valence-electron chi connectivity index (χ1n) is 4.09. The van der Waals surface area contributed by atoms with Gasteiger partial charge in [-0.3, -0.25) is 4.79 Å². The van der Waals surface area contributed by atoms with Crippen molar-refractivity contribution in [1.82, 2.24) is 5.32 Å². The van der Waals surface area contributed by atoms with E-state index in [0.29, 0.717) is 0 Å². The van der Waals surface area contributed by atoms with Crippen LogP contribution in [-0.4, -0.2) is 24.1 Å². The topological polar surface area (TPSA) is 49.3 Å². The number of hydrogen-bond donors (Lipinski definition) is 2. The van der Waals surface area contributed by atoms with Gasteiger partial charge in [0.2, 0.25) is 0 Å². The third-order valence-corrected chi connectivity index (χ3v) is 1.70. The van der Waals surface area contributed by atoms with Crippen LogP contribution in [0.4, 0.5) is 0 Å². The predicted octanol–water partition coefficient (Wildman–Crippen LogP) is 0.705. The molecule has 0 aromatic rings. The average molecular weight is 146 g/mol. The number of carbonyl (C=O) groups is 1. The van der Waals surface area contributed by atoms with Gasteiger partial charge in [-0.1, -0.05) is 20.3 Å². The molecule has 3 heteroatoms. The lowest BCUT2D eigenvalue weighted by Crippen LogP contribution is -2.39. The number of nitrogens with one attached hydrogen (secondary N) is 1. The molecule has 10 heavy (non-hydrogen) atoms. The number of carboxylic acids is 1. The maximum atomic E-state index is 10.5. The Balaban J connectivity index is 3.97. The zero-order valence-corrected chi connectivity index (χ0v) is 6.42. The maximum Gasteiger partial charge on any atom is 0.320 e. The highest BCUT2D eigenvalue weighted by molar-refractivity contribution is 5.73. The molecule has 0 aromatic heterocycles. The van der Waals surface area contributed by atoms with E-state index < -0.39 is 12.0 Å². The summed E-state index contributed by atoms with van der Waals surface area (Å²) in [4.78, 5) is 10.5. The summed E-state index contributed by atoms with van der Waals surface area (Å²) >= 11 is 0. The molecule has 0 saturated heterocycles. The van der Waals surface area contributed by atoms with Gasteiger partial charge in [-0.15, -0.1) is 0 Å². The van der Waals surface area contributed by atoms with Gasteiger partial charge in [0, 0.05) is 1.37 Å². The van der Waals surface area contributed by atoms with Crippen LogP contribution >= 0.6 is 0 Å². The largest absolute Gasteiger partial charge is 0.480 e. The highest BCUT2D eigenvalue weighted by atomic mass is 16.4. The van der Waals surface area contributed by atoms with Crippen molar-refractivity contribution in [3.05, 3.63) is 0 Å². The van der Waals surface area contributed by atoms with Crippen molar-refractivity contribution in [2.45, 2.75) is 26.3 Å². The van der Waals surface area contributed by atoms with Crippen LogP contribution in [0.15, 0.2) is 0 Å². The fourth-order valence-corrected chi connectivity index (χ4v) is 0.768. The van der Waals surface area contributed by atoms with E-state index in [1.807, 2.05) is 13.8 Å². The normalized spacial score (nSPS) is 17.6. The van der Waals surface area contributed by atoms with E-state index in [-0.39, 0.29) is 12.9 Å². The summed E-state index contributed by atoms with van der Waals surface area (Å²) in [7, 11) is -0.0404. The minimum Gasteiger partial charge on any atom is -0.480 e. The molecule has 0 spiro atoms. The zero-order chi connectivity index (χ0) is 8.85. The number of likely N-dealkylation sites (N-methyl/N-ethyl adjacent to an activating group) is 1. The first kappa shape index (κ1) is 7.54.